The molecule has 0 saturated heterocycles. The molecular formula is C21H20N2O3. The van der Waals surface area contributed by atoms with Gasteiger partial charge in [0.15, 0.2) is 0 Å². The normalized spacial score (nSPS) is 10.3. The Kier molecular flexibility index (Phi) is 5.17. The number of benzene rings is 2. The summed E-state index contributed by atoms with van der Waals surface area (Å²) in [5, 5.41) is 2.87. The van der Waals surface area contributed by atoms with Crippen LogP contribution in [0.3, 0.4) is 0 Å². The van der Waals surface area contributed by atoms with Gasteiger partial charge in [-0.05, 0) is 62.4 Å². The van der Waals surface area contributed by atoms with Crippen LogP contribution in [0.4, 0.5) is 5.69 Å². The highest BCUT2D eigenvalue weighted by molar-refractivity contribution is 6.05. The fraction of sp³-hybridized carbons (Fsp3) is 0.143. The molecule has 3 aromatic rings. The molecule has 0 aliphatic rings. The first-order valence-electron chi connectivity index (χ1n) is 8.23. The van der Waals surface area contributed by atoms with Crippen molar-refractivity contribution < 1.29 is 14.3 Å². The zero-order chi connectivity index (χ0) is 18.5. The Morgan fingerprint density at radius 1 is 0.923 bits per heavy atom. The van der Waals surface area contributed by atoms with E-state index in [1.807, 2.05) is 44.2 Å². The van der Waals surface area contributed by atoms with Crippen molar-refractivity contribution in [1.82, 2.24) is 4.98 Å². The molecule has 3 rings (SSSR count). The standard InChI is InChI=1S/C21H20N2O3/c1-14-7-12-20(15(2)22-14)21(24)23-16-8-10-17(11-9-16)26-19-6-4-5-18(13-19)25-3/h4-13H,1-3H3,(H,23,24). The number of hydrogen-bond acceptors (Lipinski definition) is 4. The lowest BCUT2D eigenvalue weighted by Gasteiger charge is -2.10. The van der Waals surface area contributed by atoms with Crippen LogP contribution in [0.15, 0.2) is 60.7 Å². The lowest BCUT2D eigenvalue weighted by Crippen LogP contribution is -2.14. The van der Waals surface area contributed by atoms with Crippen molar-refractivity contribution in [2.75, 3.05) is 12.4 Å². The van der Waals surface area contributed by atoms with Crippen molar-refractivity contribution in [3.8, 4) is 17.2 Å². The molecule has 26 heavy (non-hydrogen) atoms. The average molecular weight is 348 g/mol. The third kappa shape index (κ3) is 4.19. The number of methoxy groups -OCH3 is 1. The summed E-state index contributed by atoms with van der Waals surface area (Å²) >= 11 is 0. The van der Waals surface area contributed by atoms with E-state index in [-0.39, 0.29) is 5.91 Å². The van der Waals surface area contributed by atoms with Gasteiger partial charge in [-0.2, -0.15) is 0 Å². The van der Waals surface area contributed by atoms with Gasteiger partial charge < -0.3 is 14.8 Å². The van der Waals surface area contributed by atoms with Crippen LogP contribution in [-0.2, 0) is 0 Å². The molecule has 1 aromatic heterocycles. The predicted octanol–water partition coefficient (Wildman–Crippen LogP) is 4.75. The number of nitrogens with one attached hydrogen (secondary N) is 1. The maximum absolute atomic E-state index is 12.4. The van der Waals surface area contributed by atoms with Crippen molar-refractivity contribution in [1.29, 1.82) is 0 Å². The molecule has 0 aliphatic heterocycles. The lowest BCUT2D eigenvalue weighted by atomic mass is 10.1. The Hall–Kier alpha value is -3.34. The highest BCUT2D eigenvalue weighted by Gasteiger charge is 2.10. The molecule has 0 fully saturated rings. The Balaban J connectivity index is 1.68. The Bertz CT molecular complexity index is 921. The first-order chi connectivity index (χ1) is 12.5. The highest BCUT2D eigenvalue weighted by atomic mass is 16.5. The Morgan fingerprint density at radius 3 is 2.35 bits per heavy atom. The second-order valence-corrected chi connectivity index (χ2v) is 5.85. The van der Waals surface area contributed by atoms with Gasteiger partial charge in [-0.25, -0.2) is 0 Å². The highest BCUT2D eigenvalue weighted by Crippen LogP contribution is 2.26. The number of carbonyl (C=O) groups excluding carboxylic acids is 1. The first kappa shape index (κ1) is 17.5. The molecule has 0 atom stereocenters. The van der Waals surface area contributed by atoms with Crippen molar-refractivity contribution in [3.05, 3.63) is 77.6 Å². The van der Waals surface area contributed by atoms with E-state index in [9.17, 15) is 4.79 Å². The van der Waals surface area contributed by atoms with Gasteiger partial charge in [-0.1, -0.05) is 6.07 Å². The van der Waals surface area contributed by atoms with Crippen LogP contribution in [0.1, 0.15) is 21.7 Å². The zero-order valence-electron chi connectivity index (χ0n) is 14.9. The molecule has 0 saturated carbocycles. The van der Waals surface area contributed by atoms with Crippen LogP contribution in [-0.4, -0.2) is 18.0 Å². The number of carbonyl (C=O) groups is 1. The molecular weight excluding hydrogens is 328 g/mol. The summed E-state index contributed by atoms with van der Waals surface area (Å²) in [6.45, 7) is 3.72. The lowest BCUT2D eigenvalue weighted by molar-refractivity contribution is 0.102. The van der Waals surface area contributed by atoms with Gasteiger partial charge in [0.2, 0.25) is 0 Å². The second kappa shape index (κ2) is 7.70. The number of amides is 1. The van der Waals surface area contributed by atoms with Gasteiger partial charge in [0, 0.05) is 17.4 Å². The van der Waals surface area contributed by atoms with Crippen LogP contribution < -0.4 is 14.8 Å². The van der Waals surface area contributed by atoms with Gasteiger partial charge in [0.1, 0.15) is 17.2 Å². The molecule has 0 spiro atoms. The number of rotatable bonds is 5. The minimum Gasteiger partial charge on any atom is -0.497 e. The van der Waals surface area contributed by atoms with E-state index in [1.54, 1.807) is 37.4 Å². The number of pyridine rings is 1. The summed E-state index contributed by atoms with van der Waals surface area (Å²) in [5.74, 6) is 1.90. The van der Waals surface area contributed by atoms with Gasteiger partial charge in [0.05, 0.1) is 18.4 Å². The monoisotopic (exact) mass is 348 g/mol. The number of aromatic nitrogens is 1. The molecule has 1 N–H and O–H groups in total. The van der Waals surface area contributed by atoms with Gasteiger partial charge >= 0.3 is 0 Å². The fourth-order valence-electron chi connectivity index (χ4n) is 2.53. The fourth-order valence-corrected chi connectivity index (χ4v) is 2.53. The van der Waals surface area contributed by atoms with Gasteiger partial charge in [-0.15, -0.1) is 0 Å². The summed E-state index contributed by atoms with van der Waals surface area (Å²) in [6.07, 6.45) is 0. The van der Waals surface area contributed by atoms with Crippen molar-refractivity contribution in [2.24, 2.45) is 0 Å². The van der Waals surface area contributed by atoms with E-state index < -0.39 is 0 Å². The summed E-state index contributed by atoms with van der Waals surface area (Å²) < 4.78 is 11.0. The van der Waals surface area contributed by atoms with Crippen molar-refractivity contribution >= 4 is 11.6 Å². The van der Waals surface area contributed by atoms with E-state index >= 15 is 0 Å². The molecule has 0 unspecified atom stereocenters. The molecule has 0 bridgehead atoms. The third-order valence-electron chi connectivity index (χ3n) is 3.86. The topological polar surface area (TPSA) is 60.5 Å². The molecule has 5 nitrogen and oxygen atoms in total. The Labute approximate surface area is 152 Å². The number of hydrogen-bond donors (Lipinski definition) is 1. The van der Waals surface area contributed by atoms with E-state index in [2.05, 4.69) is 10.3 Å². The summed E-state index contributed by atoms with van der Waals surface area (Å²) in [6, 6.07) is 18.2. The van der Waals surface area contributed by atoms with Crippen molar-refractivity contribution in [2.45, 2.75) is 13.8 Å². The maximum Gasteiger partial charge on any atom is 0.257 e. The maximum atomic E-state index is 12.4. The number of aryl methyl sites for hydroxylation is 2. The van der Waals surface area contributed by atoms with Crippen LogP contribution in [0.2, 0.25) is 0 Å². The smallest absolute Gasteiger partial charge is 0.257 e. The molecule has 1 heterocycles. The largest absolute Gasteiger partial charge is 0.497 e. The van der Waals surface area contributed by atoms with Crippen LogP contribution >= 0.6 is 0 Å². The molecule has 2 aromatic carbocycles. The summed E-state index contributed by atoms with van der Waals surface area (Å²) in [5.41, 5.74) is 2.85. The van der Waals surface area contributed by atoms with Crippen LogP contribution in [0.25, 0.3) is 0 Å². The predicted molar refractivity (Wildman–Crippen MR) is 101 cm³/mol. The van der Waals surface area contributed by atoms with E-state index in [1.165, 1.54) is 0 Å². The second-order valence-electron chi connectivity index (χ2n) is 5.85. The van der Waals surface area contributed by atoms with Crippen LogP contribution in [0, 0.1) is 13.8 Å². The van der Waals surface area contributed by atoms with Gasteiger partial charge in [-0.3, -0.25) is 9.78 Å². The zero-order valence-corrected chi connectivity index (χ0v) is 14.9. The van der Waals surface area contributed by atoms with Gasteiger partial charge in [0.25, 0.3) is 5.91 Å². The van der Waals surface area contributed by atoms with Crippen molar-refractivity contribution in [3.63, 3.8) is 0 Å². The number of ether oxygens (including phenoxy) is 2. The number of anilines is 1. The minimum atomic E-state index is -0.184. The third-order valence-corrected chi connectivity index (χ3v) is 3.86. The molecule has 1 amide bonds. The van der Waals surface area contributed by atoms with E-state index in [4.69, 9.17) is 9.47 Å². The summed E-state index contributed by atoms with van der Waals surface area (Å²) in [4.78, 5) is 16.7. The molecule has 5 heteroatoms. The SMILES string of the molecule is COc1cccc(Oc2ccc(NC(=O)c3ccc(C)nc3C)cc2)c1. The molecule has 132 valence electrons. The minimum absolute atomic E-state index is 0.184. The molecule has 0 aliphatic carbocycles. The summed E-state index contributed by atoms with van der Waals surface area (Å²) in [7, 11) is 1.61. The quantitative estimate of drug-likeness (QED) is 0.723. The van der Waals surface area contributed by atoms with Crippen LogP contribution in [0.5, 0.6) is 17.2 Å². The van der Waals surface area contributed by atoms with E-state index in [0.717, 1.165) is 11.4 Å². The number of nitrogens with zero attached hydrogens (tertiary/aromatic N) is 1. The molecule has 0 radical (unpaired) electrons. The first-order valence-corrected chi connectivity index (χ1v) is 8.23. The average Bonchev–Trinajstić information content (AvgIpc) is 2.63. The van der Waals surface area contributed by atoms with E-state index in [0.29, 0.717) is 28.4 Å². The Morgan fingerprint density at radius 2 is 1.65 bits per heavy atom.